The van der Waals surface area contributed by atoms with E-state index in [1.165, 1.54) is 11.1 Å². The summed E-state index contributed by atoms with van der Waals surface area (Å²) in [7, 11) is 0. The van der Waals surface area contributed by atoms with Gasteiger partial charge in [0.1, 0.15) is 0 Å². The molecule has 0 spiro atoms. The Balaban J connectivity index is 1.61. The molecule has 1 aromatic rings. The highest BCUT2D eigenvalue weighted by atomic mass is 16.5. The smallest absolute Gasteiger partial charge is 0.317 e. The second-order valence-electron chi connectivity index (χ2n) is 7.43. The van der Waals surface area contributed by atoms with Gasteiger partial charge in [-0.25, -0.2) is 4.79 Å². The minimum atomic E-state index is 0.0183. The van der Waals surface area contributed by atoms with Crippen LogP contribution < -0.4 is 5.32 Å². The van der Waals surface area contributed by atoms with Crippen molar-refractivity contribution in [1.29, 1.82) is 0 Å². The van der Waals surface area contributed by atoms with Crippen LogP contribution in [0, 0.1) is 6.92 Å². The minimum absolute atomic E-state index is 0.0183. The summed E-state index contributed by atoms with van der Waals surface area (Å²) in [6.45, 7) is 10.2. The number of hydrogen-bond acceptors (Lipinski definition) is 4. The van der Waals surface area contributed by atoms with Crippen LogP contribution in [-0.4, -0.2) is 74.5 Å². The van der Waals surface area contributed by atoms with Crippen molar-refractivity contribution in [3.8, 4) is 0 Å². The quantitative estimate of drug-likeness (QED) is 0.830. The zero-order chi connectivity index (χ0) is 19.1. The first kappa shape index (κ1) is 20.1. The lowest BCUT2D eigenvalue weighted by atomic mass is 10.0. The zero-order valence-corrected chi connectivity index (χ0v) is 16.7. The number of urea groups is 1. The molecule has 1 N–H and O–H groups in total. The summed E-state index contributed by atoms with van der Waals surface area (Å²) in [5, 5.41) is 3.17. The third-order valence-electron chi connectivity index (χ3n) is 5.46. The summed E-state index contributed by atoms with van der Waals surface area (Å²) in [4.78, 5) is 17.0. The summed E-state index contributed by atoms with van der Waals surface area (Å²) in [5.74, 6) is 0. The second-order valence-corrected chi connectivity index (χ2v) is 7.43. The van der Waals surface area contributed by atoms with Crippen LogP contribution in [0.3, 0.4) is 0 Å². The van der Waals surface area contributed by atoms with Gasteiger partial charge in [0.25, 0.3) is 0 Å². The standard InChI is InChI=1S/C21H33N3O3/c1-3-27-19-5-4-10-24(16-19)21(25)22-15-20(23-11-13-26-14-12-23)18-8-6-17(2)7-9-18/h6-9,19-20H,3-5,10-16H2,1-2H3,(H,22,25). The number of carbonyl (C=O) groups excluding carboxylic acids is 1. The first-order valence-electron chi connectivity index (χ1n) is 10.2. The Bertz CT molecular complexity index is 585. The average molecular weight is 376 g/mol. The number of ether oxygens (including phenoxy) is 2. The summed E-state index contributed by atoms with van der Waals surface area (Å²) in [5.41, 5.74) is 2.49. The number of amides is 2. The van der Waals surface area contributed by atoms with Gasteiger partial charge in [-0.15, -0.1) is 0 Å². The first-order valence-corrected chi connectivity index (χ1v) is 10.2. The third kappa shape index (κ3) is 5.67. The molecular formula is C21H33N3O3. The first-order chi connectivity index (χ1) is 13.2. The largest absolute Gasteiger partial charge is 0.379 e. The van der Waals surface area contributed by atoms with Crippen LogP contribution in [0.25, 0.3) is 0 Å². The molecule has 2 aliphatic rings. The molecule has 6 heteroatoms. The number of nitrogens with one attached hydrogen (secondary N) is 1. The third-order valence-corrected chi connectivity index (χ3v) is 5.46. The highest BCUT2D eigenvalue weighted by Gasteiger charge is 2.26. The molecule has 2 saturated heterocycles. The van der Waals surface area contributed by atoms with Crippen molar-refractivity contribution in [1.82, 2.24) is 15.1 Å². The normalized spacial score (nSPS) is 22.4. The van der Waals surface area contributed by atoms with E-state index >= 15 is 0 Å². The predicted molar refractivity (Wildman–Crippen MR) is 106 cm³/mol. The predicted octanol–water partition coefficient (Wildman–Crippen LogP) is 2.58. The number of piperidine rings is 1. The van der Waals surface area contributed by atoms with E-state index in [4.69, 9.17) is 9.47 Å². The van der Waals surface area contributed by atoms with Gasteiger partial charge in [0.2, 0.25) is 0 Å². The van der Waals surface area contributed by atoms with Gasteiger partial charge in [0, 0.05) is 39.3 Å². The van der Waals surface area contributed by atoms with Gasteiger partial charge in [0.05, 0.1) is 25.4 Å². The Kier molecular flexibility index (Phi) is 7.50. The summed E-state index contributed by atoms with van der Waals surface area (Å²) in [6, 6.07) is 8.82. The van der Waals surface area contributed by atoms with E-state index in [1.807, 2.05) is 11.8 Å². The van der Waals surface area contributed by atoms with Crippen molar-refractivity contribution in [3.05, 3.63) is 35.4 Å². The molecule has 0 radical (unpaired) electrons. The number of carbonyl (C=O) groups is 1. The van der Waals surface area contributed by atoms with E-state index in [1.54, 1.807) is 0 Å². The van der Waals surface area contributed by atoms with Gasteiger partial charge in [-0.2, -0.15) is 0 Å². The van der Waals surface area contributed by atoms with Crippen LogP contribution in [0.15, 0.2) is 24.3 Å². The molecule has 2 aliphatic heterocycles. The lowest BCUT2D eigenvalue weighted by Crippen LogP contribution is -2.50. The van der Waals surface area contributed by atoms with Crippen molar-refractivity contribution in [2.75, 3.05) is 52.5 Å². The molecule has 0 bridgehead atoms. The molecule has 150 valence electrons. The number of morpholine rings is 1. The summed E-state index contributed by atoms with van der Waals surface area (Å²) in [6.07, 6.45) is 2.21. The minimum Gasteiger partial charge on any atom is -0.379 e. The van der Waals surface area contributed by atoms with E-state index < -0.39 is 0 Å². The van der Waals surface area contributed by atoms with Crippen molar-refractivity contribution in [2.45, 2.75) is 38.8 Å². The average Bonchev–Trinajstić information content (AvgIpc) is 2.70. The van der Waals surface area contributed by atoms with Crippen LogP contribution >= 0.6 is 0 Å². The van der Waals surface area contributed by atoms with E-state index in [0.717, 1.165) is 45.7 Å². The summed E-state index contributed by atoms with van der Waals surface area (Å²) < 4.78 is 11.2. The van der Waals surface area contributed by atoms with Crippen molar-refractivity contribution < 1.29 is 14.3 Å². The summed E-state index contributed by atoms with van der Waals surface area (Å²) >= 11 is 0. The Labute approximate surface area is 162 Å². The van der Waals surface area contributed by atoms with Crippen LogP contribution in [0.4, 0.5) is 4.79 Å². The Morgan fingerprint density at radius 1 is 1.26 bits per heavy atom. The zero-order valence-electron chi connectivity index (χ0n) is 16.7. The molecular weight excluding hydrogens is 342 g/mol. The second kappa shape index (κ2) is 10.1. The fourth-order valence-electron chi connectivity index (χ4n) is 3.93. The van der Waals surface area contributed by atoms with Gasteiger partial charge in [-0.3, -0.25) is 4.90 Å². The number of rotatable bonds is 6. The molecule has 2 atom stereocenters. The Morgan fingerprint density at radius 2 is 2.00 bits per heavy atom. The van der Waals surface area contributed by atoms with Crippen molar-refractivity contribution in [3.63, 3.8) is 0 Å². The van der Waals surface area contributed by atoms with Gasteiger partial charge in [0.15, 0.2) is 0 Å². The highest BCUT2D eigenvalue weighted by molar-refractivity contribution is 5.74. The molecule has 27 heavy (non-hydrogen) atoms. The molecule has 1 aromatic carbocycles. The molecule has 0 aliphatic carbocycles. The molecule has 2 heterocycles. The fourth-order valence-corrected chi connectivity index (χ4v) is 3.93. The molecule has 2 fully saturated rings. The molecule has 6 nitrogen and oxygen atoms in total. The van der Waals surface area contributed by atoms with E-state index in [0.29, 0.717) is 19.7 Å². The number of aryl methyl sites for hydroxylation is 1. The van der Waals surface area contributed by atoms with E-state index in [2.05, 4.69) is 41.4 Å². The molecule has 2 amide bonds. The number of likely N-dealkylation sites (tertiary alicyclic amines) is 1. The topological polar surface area (TPSA) is 54.0 Å². The van der Waals surface area contributed by atoms with Crippen molar-refractivity contribution >= 4 is 6.03 Å². The lowest BCUT2D eigenvalue weighted by molar-refractivity contribution is 0.0120. The maximum atomic E-state index is 12.7. The van der Waals surface area contributed by atoms with Crippen LogP contribution in [0.2, 0.25) is 0 Å². The number of hydrogen-bond donors (Lipinski definition) is 1. The number of nitrogens with zero attached hydrogens (tertiary/aromatic N) is 2. The molecule has 3 rings (SSSR count). The maximum absolute atomic E-state index is 12.7. The molecule has 0 saturated carbocycles. The van der Waals surface area contributed by atoms with Crippen LogP contribution in [0.5, 0.6) is 0 Å². The Morgan fingerprint density at radius 3 is 2.70 bits per heavy atom. The number of benzene rings is 1. The maximum Gasteiger partial charge on any atom is 0.317 e. The van der Waals surface area contributed by atoms with Crippen LogP contribution in [0.1, 0.15) is 36.9 Å². The van der Waals surface area contributed by atoms with Gasteiger partial charge in [-0.1, -0.05) is 29.8 Å². The SMILES string of the molecule is CCOC1CCCN(C(=O)NCC(c2ccc(C)cc2)N2CCOCC2)C1. The Hall–Kier alpha value is -1.63. The van der Waals surface area contributed by atoms with Gasteiger partial charge < -0.3 is 19.7 Å². The molecule has 0 aromatic heterocycles. The van der Waals surface area contributed by atoms with Crippen LogP contribution in [-0.2, 0) is 9.47 Å². The monoisotopic (exact) mass is 375 g/mol. The van der Waals surface area contributed by atoms with E-state index in [-0.39, 0.29) is 18.2 Å². The van der Waals surface area contributed by atoms with Gasteiger partial charge >= 0.3 is 6.03 Å². The van der Waals surface area contributed by atoms with E-state index in [9.17, 15) is 4.79 Å². The fraction of sp³-hybridized carbons (Fsp3) is 0.667. The van der Waals surface area contributed by atoms with Gasteiger partial charge in [-0.05, 0) is 32.3 Å². The lowest BCUT2D eigenvalue weighted by Gasteiger charge is -2.36. The van der Waals surface area contributed by atoms with Crippen molar-refractivity contribution in [2.24, 2.45) is 0 Å². The molecule has 2 unspecified atom stereocenters. The highest BCUT2D eigenvalue weighted by Crippen LogP contribution is 2.22.